The van der Waals surface area contributed by atoms with Gasteiger partial charge in [-0.15, -0.1) is 0 Å². The summed E-state index contributed by atoms with van der Waals surface area (Å²) in [5.41, 5.74) is 12.5. The Kier molecular flexibility index (Phi) is 10.0. The molecule has 15 heteroatoms. The number of hydrogen-bond donors (Lipinski definition) is 4. The molecule has 1 saturated heterocycles. The smallest absolute Gasteiger partial charge is 0.291 e. The molecule has 0 aliphatic carbocycles. The number of nitrogens with zero attached hydrogens (tertiary/aromatic N) is 6. The van der Waals surface area contributed by atoms with Gasteiger partial charge >= 0.3 is 0 Å². The normalized spacial score (nSPS) is 15.2. The van der Waals surface area contributed by atoms with Gasteiger partial charge in [-0.05, 0) is 72.5 Å². The molecule has 2 aliphatic rings. The summed E-state index contributed by atoms with van der Waals surface area (Å²) in [6.45, 7) is 4.72. The number of aliphatic imine (C=N–C) groups is 1. The molecular formula is C43H43N9O6. The molecule has 0 saturated carbocycles. The average molecular weight is 782 g/mol. The Morgan fingerprint density at radius 2 is 1.81 bits per heavy atom. The topological polar surface area (TPSA) is 183 Å². The van der Waals surface area contributed by atoms with Crippen LogP contribution < -0.4 is 25.8 Å². The lowest BCUT2D eigenvalue weighted by Gasteiger charge is -2.20. The zero-order valence-electron chi connectivity index (χ0n) is 32.3. The number of fused-ring (bicyclic) bond motifs is 3. The van der Waals surface area contributed by atoms with Crippen molar-refractivity contribution in [2.45, 2.75) is 31.5 Å². The number of hydrogen-bond acceptors (Lipinski definition) is 9. The van der Waals surface area contributed by atoms with E-state index >= 15 is 0 Å². The molecule has 6 aromatic rings. The second kappa shape index (κ2) is 15.4. The fourth-order valence-electron chi connectivity index (χ4n) is 7.43. The number of nitrogen functional groups attached to an aromatic ring is 1. The fraction of sp³-hybridized carbons (Fsp3) is 0.233. The third-order valence-corrected chi connectivity index (χ3v) is 10.4. The number of nitrogens with one attached hydrogen (secondary N) is 2. The zero-order chi connectivity index (χ0) is 40.7. The van der Waals surface area contributed by atoms with Crippen molar-refractivity contribution in [1.82, 2.24) is 23.6 Å². The number of imidazole rings is 1. The molecule has 8 rings (SSSR count). The van der Waals surface area contributed by atoms with Gasteiger partial charge in [0.05, 0.1) is 42.2 Å². The van der Waals surface area contributed by atoms with Crippen molar-refractivity contribution < 1.29 is 29.0 Å². The summed E-state index contributed by atoms with van der Waals surface area (Å²) in [4.78, 5) is 49.9. The van der Waals surface area contributed by atoms with Crippen LogP contribution >= 0.6 is 0 Å². The molecule has 3 aromatic carbocycles. The van der Waals surface area contributed by atoms with Gasteiger partial charge in [-0.3, -0.25) is 19.4 Å². The number of rotatable bonds is 12. The summed E-state index contributed by atoms with van der Waals surface area (Å²) < 4.78 is 16.7. The Balaban J connectivity index is 0.839. The highest BCUT2D eigenvalue weighted by atomic mass is 16.5. The maximum Gasteiger partial charge on any atom is 0.291 e. The van der Waals surface area contributed by atoms with Gasteiger partial charge in [-0.25, -0.2) is 4.98 Å². The van der Waals surface area contributed by atoms with Gasteiger partial charge in [-0.2, -0.15) is 0 Å². The molecule has 1 fully saturated rings. The maximum atomic E-state index is 13.2. The van der Waals surface area contributed by atoms with Crippen LogP contribution in [0, 0.1) is 0 Å². The van der Waals surface area contributed by atoms with Crippen molar-refractivity contribution >= 4 is 57.7 Å². The fourth-order valence-corrected chi connectivity index (χ4v) is 7.43. The van der Waals surface area contributed by atoms with Crippen molar-refractivity contribution in [2.75, 3.05) is 36.6 Å². The van der Waals surface area contributed by atoms with Crippen LogP contribution in [0.15, 0.2) is 102 Å². The quantitative estimate of drug-likeness (QED) is 0.0658. The minimum Gasteiger partial charge on any atom is -0.493 e. The van der Waals surface area contributed by atoms with E-state index in [0.29, 0.717) is 59.2 Å². The van der Waals surface area contributed by atoms with Crippen LogP contribution in [0.2, 0.25) is 0 Å². The third-order valence-electron chi connectivity index (χ3n) is 10.4. The van der Waals surface area contributed by atoms with Crippen LogP contribution in [-0.2, 0) is 18.9 Å². The molecule has 3 aromatic heterocycles. The van der Waals surface area contributed by atoms with Crippen molar-refractivity contribution in [2.24, 2.45) is 19.1 Å². The van der Waals surface area contributed by atoms with Crippen LogP contribution in [0.3, 0.4) is 0 Å². The Morgan fingerprint density at radius 3 is 2.60 bits per heavy atom. The van der Waals surface area contributed by atoms with Gasteiger partial charge in [-0.1, -0.05) is 24.3 Å². The molecule has 5 N–H and O–H groups in total. The first kappa shape index (κ1) is 37.8. The number of aliphatic hydroxyl groups excluding tert-OH is 1. The number of aliphatic hydroxyl groups is 1. The standard InChI is InChI=1S/C43H43N9O6/c1-25-16-31-21-45-33-20-37(36(57-4)19-32(33)42(55)52(31)22-25)58-15-5-6-39(53)47-38-24-50(3)40(48-38)41(54)46-30-10-7-26(8-11-30)28-18-35(49(2)23-28)43(56)51-14-13-27-17-29(44)9-12-34(27)51/h7-14,17-21,23-24,31,43,56H,1,5-6,15-16,22,44H2,2-4H3,(H,46,54)(H,47,53). The lowest BCUT2D eigenvalue weighted by atomic mass is 10.1. The Hall–Kier alpha value is -7.13. The maximum absolute atomic E-state index is 13.2. The number of carbonyl (C=O) groups is 3. The summed E-state index contributed by atoms with van der Waals surface area (Å²) in [5, 5.41) is 17.9. The van der Waals surface area contributed by atoms with E-state index in [4.69, 9.17) is 15.2 Å². The summed E-state index contributed by atoms with van der Waals surface area (Å²) in [6, 6.07) is 20.0. The van der Waals surface area contributed by atoms with E-state index in [1.807, 2.05) is 66.5 Å². The Morgan fingerprint density at radius 1 is 1.00 bits per heavy atom. The van der Waals surface area contributed by atoms with Gasteiger partial charge in [0, 0.05) is 74.7 Å². The predicted molar refractivity (Wildman–Crippen MR) is 222 cm³/mol. The molecule has 5 heterocycles. The molecule has 58 heavy (non-hydrogen) atoms. The summed E-state index contributed by atoms with van der Waals surface area (Å²) in [7, 11) is 5.06. The van der Waals surface area contributed by atoms with Crippen LogP contribution in [0.1, 0.15) is 52.2 Å². The van der Waals surface area contributed by atoms with Crippen molar-refractivity contribution in [3.05, 3.63) is 115 Å². The Bertz CT molecular complexity index is 2620. The van der Waals surface area contributed by atoms with Gasteiger partial charge in [0.15, 0.2) is 23.5 Å². The Labute approximate surface area is 334 Å². The number of nitrogens with two attached hydrogens (primary N) is 1. The van der Waals surface area contributed by atoms with E-state index < -0.39 is 12.1 Å². The molecule has 15 nitrogen and oxygen atoms in total. The number of methoxy groups -OCH3 is 1. The van der Waals surface area contributed by atoms with Crippen molar-refractivity contribution in [1.29, 1.82) is 0 Å². The van der Waals surface area contributed by atoms with Crippen LogP contribution in [-0.4, -0.2) is 78.9 Å². The largest absolute Gasteiger partial charge is 0.493 e. The number of amides is 3. The number of carbonyl (C=O) groups excluding carboxylic acids is 3. The molecule has 0 radical (unpaired) electrons. The first-order chi connectivity index (χ1) is 27.9. The van der Waals surface area contributed by atoms with Crippen LogP contribution in [0.25, 0.3) is 22.0 Å². The van der Waals surface area contributed by atoms with Crippen molar-refractivity contribution in [3.63, 3.8) is 0 Å². The molecular weight excluding hydrogens is 739 g/mol. The summed E-state index contributed by atoms with van der Waals surface area (Å²) in [6.07, 6.45) is 7.42. The monoisotopic (exact) mass is 781 g/mol. The SMILES string of the molecule is C=C1CC2C=Nc3cc(OCCCC(=O)Nc4cn(C)c(C(=O)Nc5ccc(-c6cc(C(O)n7ccc8cc(N)ccc87)n(C)c6)cc5)n4)c(OC)cc3C(=O)N2C1. The highest BCUT2D eigenvalue weighted by molar-refractivity contribution is 6.04. The second-order valence-electron chi connectivity index (χ2n) is 14.5. The van der Waals surface area contributed by atoms with E-state index in [9.17, 15) is 19.5 Å². The minimum absolute atomic E-state index is 0.117. The van der Waals surface area contributed by atoms with E-state index in [1.54, 1.807) is 57.8 Å². The number of aryl methyl sites for hydroxylation is 2. The van der Waals surface area contributed by atoms with Gasteiger partial charge in [0.2, 0.25) is 11.7 Å². The lowest BCUT2D eigenvalue weighted by Crippen LogP contribution is -2.35. The van der Waals surface area contributed by atoms with E-state index in [1.165, 1.54) is 7.11 Å². The lowest BCUT2D eigenvalue weighted by molar-refractivity contribution is -0.116. The molecule has 0 bridgehead atoms. The number of ether oxygens (including phenoxy) is 2. The predicted octanol–water partition coefficient (Wildman–Crippen LogP) is 6.05. The molecule has 296 valence electrons. The van der Waals surface area contributed by atoms with E-state index in [0.717, 1.165) is 27.6 Å². The highest BCUT2D eigenvalue weighted by Gasteiger charge is 2.34. The summed E-state index contributed by atoms with van der Waals surface area (Å²) in [5.74, 6) is 0.313. The van der Waals surface area contributed by atoms with Gasteiger partial charge in [0.25, 0.3) is 11.8 Å². The number of anilines is 3. The van der Waals surface area contributed by atoms with E-state index in [-0.39, 0.29) is 42.5 Å². The van der Waals surface area contributed by atoms with E-state index in [2.05, 4.69) is 27.2 Å². The average Bonchev–Trinajstić information content (AvgIpc) is 3.98. The van der Waals surface area contributed by atoms with Gasteiger partial charge < -0.3 is 49.5 Å². The zero-order valence-corrected chi connectivity index (χ0v) is 32.3. The molecule has 0 spiro atoms. The highest BCUT2D eigenvalue weighted by Crippen LogP contribution is 2.39. The van der Waals surface area contributed by atoms with Crippen LogP contribution in [0.5, 0.6) is 11.5 Å². The molecule has 3 amide bonds. The second-order valence-corrected chi connectivity index (χ2v) is 14.5. The van der Waals surface area contributed by atoms with Crippen LogP contribution in [0.4, 0.5) is 22.9 Å². The molecule has 2 atom stereocenters. The number of benzene rings is 3. The first-order valence-corrected chi connectivity index (χ1v) is 18.8. The first-order valence-electron chi connectivity index (χ1n) is 18.8. The summed E-state index contributed by atoms with van der Waals surface area (Å²) >= 11 is 0. The van der Waals surface area contributed by atoms with Gasteiger partial charge in [0.1, 0.15) is 0 Å². The van der Waals surface area contributed by atoms with Crippen molar-refractivity contribution in [3.8, 4) is 22.6 Å². The molecule has 2 unspecified atom stereocenters. The molecule has 2 aliphatic heterocycles. The number of aromatic nitrogens is 4. The minimum atomic E-state index is -0.911. The third kappa shape index (κ3) is 7.42.